The van der Waals surface area contributed by atoms with Crippen molar-refractivity contribution in [1.82, 2.24) is 0 Å². The van der Waals surface area contributed by atoms with Crippen molar-refractivity contribution < 1.29 is 13.2 Å². The van der Waals surface area contributed by atoms with E-state index >= 15 is 0 Å². The van der Waals surface area contributed by atoms with Crippen molar-refractivity contribution in [3.8, 4) is 0 Å². The van der Waals surface area contributed by atoms with Gasteiger partial charge in [0.2, 0.25) is 5.91 Å². The molecule has 0 aliphatic carbocycles. The lowest BCUT2D eigenvalue weighted by atomic mass is 9.80. The first-order valence-corrected chi connectivity index (χ1v) is 12.3. The molecule has 0 bridgehead atoms. The number of nitrogens with zero attached hydrogens (tertiary/aromatic N) is 2. The summed E-state index contributed by atoms with van der Waals surface area (Å²) in [5.74, 6) is -0.895. The van der Waals surface area contributed by atoms with E-state index < -0.39 is 15.9 Å². The largest absolute Gasteiger partial charge is 0.378 e. The Labute approximate surface area is 196 Å². The fraction of sp³-hybridized carbons (Fsp3) is 0.222. The van der Waals surface area contributed by atoms with E-state index in [2.05, 4.69) is 6.58 Å². The first-order valence-electron chi connectivity index (χ1n) is 10.9. The third kappa shape index (κ3) is 4.18. The van der Waals surface area contributed by atoms with Crippen molar-refractivity contribution >= 4 is 27.3 Å². The van der Waals surface area contributed by atoms with Gasteiger partial charge < -0.3 is 4.90 Å². The van der Waals surface area contributed by atoms with Gasteiger partial charge in [0.15, 0.2) is 0 Å². The summed E-state index contributed by atoms with van der Waals surface area (Å²) < 4.78 is 28.3. The highest BCUT2D eigenvalue weighted by atomic mass is 32.2. The summed E-state index contributed by atoms with van der Waals surface area (Å²) in [6, 6.07) is 21.8. The number of carbonyl (C=O) groups excluding carboxylic acids is 1. The van der Waals surface area contributed by atoms with Gasteiger partial charge in [-0.2, -0.15) is 0 Å². The number of benzene rings is 3. The second-order valence-corrected chi connectivity index (χ2v) is 10.4. The summed E-state index contributed by atoms with van der Waals surface area (Å²) in [4.78, 5) is 15.7. The number of anilines is 2. The number of carbonyl (C=O) groups is 1. The number of allylic oxidation sites excluding steroid dienone is 1. The summed E-state index contributed by atoms with van der Waals surface area (Å²) in [6.07, 6.45) is 1.87. The molecule has 0 saturated heterocycles. The molecule has 3 aromatic rings. The van der Waals surface area contributed by atoms with Crippen LogP contribution >= 0.6 is 0 Å². The maximum absolute atomic E-state index is 13.7. The van der Waals surface area contributed by atoms with Crippen LogP contribution in [0, 0.1) is 6.92 Å². The second-order valence-electron chi connectivity index (χ2n) is 8.59. The van der Waals surface area contributed by atoms with Crippen LogP contribution in [0.25, 0.3) is 0 Å². The van der Waals surface area contributed by atoms with Gasteiger partial charge in [-0.15, -0.1) is 6.58 Å². The molecule has 1 heterocycles. The number of sulfonamides is 1. The monoisotopic (exact) mass is 460 g/mol. The Morgan fingerprint density at radius 2 is 1.61 bits per heavy atom. The van der Waals surface area contributed by atoms with Crippen LogP contribution in [0.15, 0.2) is 90.3 Å². The van der Waals surface area contributed by atoms with Crippen molar-refractivity contribution in [1.29, 1.82) is 0 Å². The molecule has 0 unspecified atom stereocenters. The van der Waals surface area contributed by atoms with Gasteiger partial charge in [-0.3, -0.25) is 4.79 Å². The first-order chi connectivity index (χ1) is 15.7. The van der Waals surface area contributed by atoms with Crippen LogP contribution in [-0.2, 0) is 14.8 Å². The number of fused-ring (bicyclic) bond motifs is 1. The van der Waals surface area contributed by atoms with E-state index in [0.29, 0.717) is 5.69 Å². The first kappa shape index (κ1) is 22.8. The smallest absolute Gasteiger partial charge is 0.270 e. The molecule has 0 saturated carbocycles. The maximum atomic E-state index is 13.7. The Bertz CT molecular complexity index is 1280. The van der Waals surface area contributed by atoms with Crippen LogP contribution in [0.4, 0.5) is 11.4 Å². The molecule has 170 valence electrons. The highest BCUT2D eigenvalue weighted by molar-refractivity contribution is 7.93. The number of para-hydroxylation sites is 1. The molecule has 4 rings (SSSR count). The summed E-state index contributed by atoms with van der Waals surface area (Å²) >= 11 is 0. The summed E-state index contributed by atoms with van der Waals surface area (Å²) in [6.45, 7) is 5.93. The van der Waals surface area contributed by atoms with E-state index in [0.717, 1.165) is 26.7 Å². The number of aryl methyl sites for hydroxylation is 1. The Morgan fingerprint density at radius 3 is 2.21 bits per heavy atom. The van der Waals surface area contributed by atoms with E-state index in [9.17, 15) is 13.2 Å². The molecular weight excluding hydrogens is 432 g/mol. The molecule has 1 amide bonds. The van der Waals surface area contributed by atoms with E-state index in [-0.39, 0.29) is 23.2 Å². The highest BCUT2D eigenvalue weighted by Gasteiger charge is 2.40. The molecule has 6 heteroatoms. The van der Waals surface area contributed by atoms with Gasteiger partial charge in [0.05, 0.1) is 10.6 Å². The van der Waals surface area contributed by atoms with Gasteiger partial charge in [-0.25, -0.2) is 12.7 Å². The van der Waals surface area contributed by atoms with Gasteiger partial charge in [-0.1, -0.05) is 54.1 Å². The maximum Gasteiger partial charge on any atom is 0.270 e. The fourth-order valence-corrected chi connectivity index (χ4v) is 5.88. The summed E-state index contributed by atoms with van der Waals surface area (Å²) in [5, 5.41) is 0. The molecule has 3 aromatic carbocycles. The zero-order valence-electron chi connectivity index (χ0n) is 19.1. The lowest BCUT2D eigenvalue weighted by Crippen LogP contribution is -2.37. The predicted octanol–water partition coefficient (Wildman–Crippen LogP) is 5.24. The minimum absolute atomic E-state index is 0.0533. The Balaban J connectivity index is 1.85. The zero-order chi connectivity index (χ0) is 23.8. The molecule has 0 radical (unpaired) electrons. The van der Waals surface area contributed by atoms with E-state index in [4.69, 9.17) is 0 Å². The molecular formula is C27H28N2O3S. The topological polar surface area (TPSA) is 57.7 Å². The van der Waals surface area contributed by atoms with E-state index in [1.807, 2.05) is 68.4 Å². The second kappa shape index (κ2) is 8.87. The average molecular weight is 461 g/mol. The Hall–Kier alpha value is -3.38. The van der Waals surface area contributed by atoms with Crippen LogP contribution in [0.3, 0.4) is 0 Å². The molecule has 0 aromatic heterocycles. The minimum Gasteiger partial charge on any atom is -0.378 e. The zero-order valence-corrected chi connectivity index (χ0v) is 19.9. The van der Waals surface area contributed by atoms with Crippen LogP contribution in [0.5, 0.6) is 0 Å². The number of amides is 1. The molecule has 1 aliphatic heterocycles. The Kier molecular flexibility index (Phi) is 6.13. The third-order valence-electron chi connectivity index (χ3n) is 6.22. The predicted molar refractivity (Wildman–Crippen MR) is 133 cm³/mol. The molecule has 33 heavy (non-hydrogen) atoms. The van der Waals surface area contributed by atoms with Crippen molar-refractivity contribution in [2.75, 3.05) is 23.3 Å². The minimum atomic E-state index is -4.08. The van der Waals surface area contributed by atoms with E-state index in [1.54, 1.807) is 36.4 Å². The molecule has 1 aliphatic rings. The quantitative estimate of drug-likeness (QED) is 0.489. The van der Waals surface area contributed by atoms with E-state index in [1.165, 1.54) is 0 Å². The normalized spacial score (nSPS) is 18.4. The lowest BCUT2D eigenvalue weighted by molar-refractivity contribution is -0.117. The number of rotatable bonds is 5. The summed E-state index contributed by atoms with van der Waals surface area (Å²) in [5.41, 5.74) is 4.14. The van der Waals surface area contributed by atoms with Gasteiger partial charge in [0, 0.05) is 38.0 Å². The van der Waals surface area contributed by atoms with Crippen molar-refractivity contribution in [2.45, 2.75) is 30.1 Å². The Morgan fingerprint density at radius 1 is 0.970 bits per heavy atom. The fourth-order valence-electron chi connectivity index (χ4n) is 4.42. The van der Waals surface area contributed by atoms with Gasteiger partial charge in [0.1, 0.15) is 0 Å². The molecule has 0 fully saturated rings. The van der Waals surface area contributed by atoms with Crippen LogP contribution in [0.2, 0.25) is 0 Å². The van der Waals surface area contributed by atoms with Gasteiger partial charge >= 0.3 is 0 Å². The van der Waals surface area contributed by atoms with Crippen LogP contribution in [0.1, 0.15) is 34.9 Å². The van der Waals surface area contributed by atoms with Crippen LogP contribution in [-0.4, -0.2) is 28.4 Å². The van der Waals surface area contributed by atoms with Crippen molar-refractivity contribution in [3.05, 3.63) is 102 Å². The van der Waals surface area contributed by atoms with Gasteiger partial charge in [-0.05, 0) is 48.4 Å². The molecule has 2 atom stereocenters. The molecule has 0 N–H and O–H groups in total. The molecule has 0 spiro atoms. The number of hydrogen-bond donors (Lipinski definition) is 0. The molecule has 5 nitrogen and oxygen atoms in total. The number of hydrogen-bond acceptors (Lipinski definition) is 4. The standard InChI is InChI=1S/C27H28N2O3S/c1-5-23-24-8-6-7-9-26(24)29(33(31,32)22-16-10-19(2)11-17-22)27(30)18-25(23)20-12-14-21(15-13-20)28(3)4/h5-17,23,25H,1,18H2,2-4H3/t23-,25+/m0/s1. The van der Waals surface area contributed by atoms with Crippen molar-refractivity contribution in [2.24, 2.45) is 0 Å². The highest BCUT2D eigenvalue weighted by Crippen LogP contribution is 2.45. The van der Waals surface area contributed by atoms with Crippen molar-refractivity contribution in [3.63, 3.8) is 0 Å². The SMILES string of the molecule is C=C[C@H]1c2ccccc2N(S(=O)(=O)c2ccc(C)cc2)C(=O)C[C@@H]1c1ccc(N(C)C)cc1. The van der Waals surface area contributed by atoms with Crippen LogP contribution < -0.4 is 9.21 Å². The third-order valence-corrected chi connectivity index (χ3v) is 7.97. The van der Waals surface area contributed by atoms with Gasteiger partial charge in [0.25, 0.3) is 10.0 Å². The average Bonchev–Trinajstić information content (AvgIpc) is 2.93. The lowest BCUT2D eigenvalue weighted by Gasteiger charge is -2.24. The summed E-state index contributed by atoms with van der Waals surface area (Å²) in [7, 11) is -0.131.